The summed E-state index contributed by atoms with van der Waals surface area (Å²) in [5.41, 5.74) is 1.20. The van der Waals surface area contributed by atoms with Gasteiger partial charge < -0.3 is 4.74 Å². The molecular weight excluding hydrogens is 212 g/mol. The number of carbonyl (C=O) groups is 1. The number of allylic oxidation sites excluding steroid dienone is 2. The summed E-state index contributed by atoms with van der Waals surface area (Å²) in [4.78, 5) is 11.0. The third-order valence-corrected chi connectivity index (χ3v) is 2.15. The van der Waals surface area contributed by atoms with Crippen LogP contribution in [0.1, 0.15) is 25.3 Å². The van der Waals surface area contributed by atoms with Crippen molar-refractivity contribution >= 4 is 12.0 Å². The van der Waals surface area contributed by atoms with Gasteiger partial charge in [0, 0.05) is 6.08 Å². The molecule has 0 aliphatic heterocycles. The van der Waals surface area contributed by atoms with E-state index in [9.17, 15) is 4.79 Å². The van der Waals surface area contributed by atoms with Crippen molar-refractivity contribution in [3.8, 4) is 0 Å². The van der Waals surface area contributed by atoms with Gasteiger partial charge >= 0.3 is 5.97 Å². The number of carbonyl (C=O) groups excluding carboxylic acids is 1. The van der Waals surface area contributed by atoms with Crippen molar-refractivity contribution in [3.63, 3.8) is 0 Å². The molecule has 0 saturated carbocycles. The number of esters is 1. The predicted octanol–water partition coefficient (Wildman–Crippen LogP) is 3.60. The zero-order chi connectivity index (χ0) is 12.3. The zero-order valence-corrected chi connectivity index (χ0v) is 10.1. The highest BCUT2D eigenvalue weighted by atomic mass is 16.5. The molecule has 0 bridgehead atoms. The first-order valence-electron chi connectivity index (χ1n) is 5.88. The lowest BCUT2D eigenvalue weighted by Crippen LogP contribution is -1.98. The van der Waals surface area contributed by atoms with E-state index < -0.39 is 0 Å². The van der Waals surface area contributed by atoms with E-state index in [1.165, 1.54) is 11.6 Å². The summed E-state index contributed by atoms with van der Waals surface area (Å²) in [6, 6.07) is 10.1. The first kappa shape index (κ1) is 13.2. The molecule has 0 saturated heterocycles. The minimum absolute atomic E-state index is 0.264. The Morgan fingerprint density at radius 2 is 1.88 bits per heavy atom. The number of hydrogen-bond donors (Lipinski definition) is 0. The maximum Gasteiger partial charge on any atom is 0.330 e. The molecule has 0 spiro atoms. The zero-order valence-electron chi connectivity index (χ0n) is 10.1. The molecule has 1 rings (SSSR count). The number of hydrogen-bond acceptors (Lipinski definition) is 2. The van der Waals surface area contributed by atoms with E-state index in [4.69, 9.17) is 4.74 Å². The fraction of sp³-hybridized carbons (Fsp3) is 0.267. The van der Waals surface area contributed by atoms with Crippen LogP contribution in [-0.2, 0) is 9.53 Å². The van der Waals surface area contributed by atoms with Gasteiger partial charge in [0.15, 0.2) is 0 Å². The van der Waals surface area contributed by atoms with Crippen molar-refractivity contribution in [1.82, 2.24) is 0 Å². The van der Waals surface area contributed by atoms with Gasteiger partial charge in [-0.25, -0.2) is 4.79 Å². The lowest BCUT2D eigenvalue weighted by atomic mass is 10.2. The van der Waals surface area contributed by atoms with E-state index in [0.29, 0.717) is 6.61 Å². The molecule has 1 aromatic carbocycles. The fourth-order valence-corrected chi connectivity index (χ4v) is 1.35. The van der Waals surface area contributed by atoms with Crippen LogP contribution in [0.3, 0.4) is 0 Å². The Hall–Kier alpha value is -1.83. The molecular formula is C15H18O2. The second-order valence-electron chi connectivity index (χ2n) is 3.54. The minimum atomic E-state index is -0.264. The van der Waals surface area contributed by atoms with Crippen LogP contribution in [0.25, 0.3) is 6.08 Å². The van der Waals surface area contributed by atoms with Gasteiger partial charge in [0.2, 0.25) is 0 Å². The van der Waals surface area contributed by atoms with Crippen LogP contribution in [0.15, 0.2) is 48.6 Å². The number of ether oxygens (including phenoxy) is 1. The Morgan fingerprint density at radius 3 is 2.59 bits per heavy atom. The molecule has 0 heterocycles. The van der Waals surface area contributed by atoms with Gasteiger partial charge in [-0.3, -0.25) is 0 Å². The average Bonchev–Trinajstić information content (AvgIpc) is 2.35. The lowest BCUT2D eigenvalue weighted by Gasteiger charge is -1.94. The van der Waals surface area contributed by atoms with Gasteiger partial charge in [-0.15, -0.1) is 0 Å². The lowest BCUT2D eigenvalue weighted by molar-refractivity contribution is -0.137. The molecule has 0 aliphatic rings. The second kappa shape index (κ2) is 8.34. The molecule has 0 radical (unpaired) electrons. The van der Waals surface area contributed by atoms with E-state index in [1.54, 1.807) is 6.92 Å². The molecule has 2 nitrogen and oxygen atoms in total. The Balaban J connectivity index is 2.20. The molecule has 0 unspecified atom stereocenters. The highest BCUT2D eigenvalue weighted by Crippen LogP contribution is 2.03. The monoisotopic (exact) mass is 230 g/mol. The molecule has 0 atom stereocenters. The summed E-state index contributed by atoms with van der Waals surface area (Å²) in [5, 5.41) is 0. The van der Waals surface area contributed by atoms with Gasteiger partial charge in [-0.2, -0.15) is 0 Å². The van der Waals surface area contributed by atoms with Gasteiger partial charge in [0.25, 0.3) is 0 Å². The summed E-state index contributed by atoms with van der Waals surface area (Å²) in [6.07, 6.45) is 9.28. The molecule has 0 fully saturated rings. The Labute approximate surface area is 103 Å². The van der Waals surface area contributed by atoms with Gasteiger partial charge in [-0.05, 0) is 25.3 Å². The third-order valence-electron chi connectivity index (χ3n) is 2.15. The van der Waals surface area contributed by atoms with E-state index in [1.807, 2.05) is 24.3 Å². The van der Waals surface area contributed by atoms with Gasteiger partial charge in [0.05, 0.1) is 6.61 Å². The second-order valence-corrected chi connectivity index (χ2v) is 3.54. The first-order valence-corrected chi connectivity index (χ1v) is 5.88. The largest absolute Gasteiger partial charge is 0.463 e. The smallest absolute Gasteiger partial charge is 0.330 e. The van der Waals surface area contributed by atoms with Crippen LogP contribution in [-0.4, -0.2) is 12.6 Å². The van der Waals surface area contributed by atoms with Gasteiger partial charge in [0.1, 0.15) is 0 Å². The van der Waals surface area contributed by atoms with Crippen molar-refractivity contribution < 1.29 is 9.53 Å². The predicted molar refractivity (Wildman–Crippen MR) is 70.5 cm³/mol. The Morgan fingerprint density at radius 1 is 1.18 bits per heavy atom. The summed E-state index contributed by atoms with van der Waals surface area (Å²) in [5.74, 6) is -0.264. The highest BCUT2D eigenvalue weighted by Gasteiger charge is 1.91. The molecule has 0 amide bonds. The van der Waals surface area contributed by atoms with Gasteiger partial charge in [-0.1, -0.05) is 48.6 Å². The number of benzene rings is 1. The van der Waals surface area contributed by atoms with Crippen molar-refractivity contribution in [2.75, 3.05) is 6.61 Å². The number of unbranched alkanes of at least 4 members (excludes halogenated alkanes) is 1. The van der Waals surface area contributed by atoms with Crippen LogP contribution in [0, 0.1) is 0 Å². The van der Waals surface area contributed by atoms with Crippen LogP contribution >= 0.6 is 0 Å². The molecule has 90 valence electrons. The summed E-state index contributed by atoms with van der Waals surface area (Å²) < 4.78 is 4.77. The normalized spacial score (nSPS) is 11.1. The molecule has 1 aromatic rings. The highest BCUT2D eigenvalue weighted by molar-refractivity contribution is 5.81. The topological polar surface area (TPSA) is 26.3 Å². The first-order chi connectivity index (χ1) is 8.33. The van der Waals surface area contributed by atoms with Crippen LogP contribution in [0.4, 0.5) is 0 Å². The van der Waals surface area contributed by atoms with E-state index >= 15 is 0 Å². The van der Waals surface area contributed by atoms with Crippen molar-refractivity contribution in [3.05, 3.63) is 54.1 Å². The van der Waals surface area contributed by atoms with E-state index in [0.717, 1.165) is 12.8 Å². The van der Waals surface area contributed by atoms with Crippen molar-refractivity contribution in [2.24, 2.45) is 0 Å². The fourth-order valence-electron chi connectivity index (χ4n) is 1.35. The Bertz CT molecular complexity index is 377. The van der Waals surface area contributed by atoms with E-state index in [2.05, 4.69) is 24.3 Å². The summed E-state index contributed by atoms with van der Waals surface area (Å²) in [6.45, 7) is 2.23. The van der Waals surface area contributed by atoms with Crippen LogP contribution < -0.4 is 0 Å². The maximum atomic E-state index is 11.0. The standard InChI is InChI=1S/C15H18O2/c1-2-17-15(16)13-9-4-3-6-10-14-11-7-5-8-12-14/h5-13H,2-4H2,1H3/b10-6+,13-9+. The quantitative estimate of drug-likeness (QED) is 0.424. The third kappa shape index (κ3) is 6.36. The molecule has 0 aromatic heterocycles. The number of rotatable bonds is 6. The maximum absolute atomic E-state index is 11.0. The van der Waals surface area contributed by atoms with E-state index in [-0.39, 0.29) is 5.97 Å². The SMILES string of the molecule is CCOC(=O)/C=C/CC/C=C/c1ccccc1. The van der Waals surface area contributed by atoms with Crippen molar-refractivity contribution in [1.29, 1.82) is 0 Å². The van der Waals surface area contributed by atoms with Crippen LogP contribution in [0.5, 0.6) is 0 Å². The summed E-state index contributed by atoms with van der Waals surface area (Å²) in [7, 11) is 0. The molecule has 2 heteroatoms. The molecule has 0 N–H and O–H groups in total. The molecule has 17 heavy (non-hydrogen) atoms. The minimum Gasteiger partial charge on any atom is -0.463 e. The average molecular weight is 230 g/mol. The van der Waals surface area contributed by atoms with Crippen molar-refractivity contribution in [2.45, 2.75) is 19.8 Å². The molecule has 0 aliphatic carbocycles. The Kier molecular flexibility index (Phi) is 6.49. The summed E-state index contributed by atoms with van der Waals surface area (Å²) >= 11 is 0. The van der Waals surface area contributed by atoms with Crippen LogP contribution in [0.2, 0.25) is 0 Å².